The topological polar surface area (TPSA) is 78.9 Å². The number of ether oxygens (including phenoxy) is 1. The van der Waals surface area contributed by atoms with Crippen LogP contribution in [0.1, 0.15) is 22.8 Å². The second kappa shape index (κ2) is 8.65. The van der Waals surface area contributed by atoms with Gasteiger partial charge in [-0.05, 0) is 60.8 Å². The monoisotopic (exact) mass is 458 g/mol. The molecular formula is C24H21F3N2O4. The number of benzene rings is 3. The first-order valence-corrected chi connectivity index (χ1v) is 10.3. The smallest absolute Gasteiger partial charge is 0.416 e. The van der Waals surface area contributed by atoms with Gasteiger partial charge in [0.05, 0.1) is 5.56 Å². The first-order valence-electron chi connectivity index (χ1n) is 10.3. The van der Waals surface area contributed by atoms with Gasteiger partial charge >= 0.3 is 12.3 Å². The number of hydrogen-bond acceptors (Lipinski definition) is 3. The zero-order valence-electron chi connectivity index (χ0n) is 17.6. The molecule has 4 rings (SSSR count). The predicted molar refractivity (Wildman–Crippen MR) is 115 cm³/mol. The molecule has 6 nitrogen and oxygen atoms in total. The van der Waals surface area contributed by atoms with Crippen molar-refractivity contribution in [1.29, 1.82) is 0 Å². The van der Waals surface area contributed by atoms with E-state index in [9.17, 15) is 22.8 Å². The number of carbonyl (C=O) groups is 2. The Morgan fingerprint density at radius 1 is 1.09 bits per heavy atom. The quantitative estimate of drug-likeness (QED) is 0.538. The molecular weight excluding hydrogens is 437 g/mol. The van der Waals surface area contributed by atoms with E-state index in [-0.39, 0.29) is 23.6 Å². The van der Waals surface area contributed by atoms with E-state index in [1.165, 1.54) is 17.0 Å². The summed E-state index contributed by atoms with van der Waals surface area (Å²) < 4.78 is 44.1. The summed E-state index contributed by atoms with van der Waals surface area (Å²) in [6.45, 7) is 2.62. The summed E-state index contributed by atoms with van der Waals surface area (Å²) in [5.41, 5.74) is -0.314. The number of nitrogens with one attached hydrogen (secondary N) is 1. The number of likely N-dealkylation sites (tertiary alicyclic amines) is 1. The molecule has 1 unspecified atom stereocenters. The fraction of sp³-hybridized carbons (Fsp3) is 0.250. The van der Waals surface area contributed by atoms with Crippen molar-refractivity contribution >= 4 is 22.8 Å². The van der Waals surface area contributed by atoms with Gasteiger partial charge in [-0.15, -0.1) is 0 Å². The van der Waals surface area contributed by atoms with Crippen LogP contribution in [0.2, 0.25) is 0 Å². The van der Waals surface area contributed by atoms with Crippen molar-refractivity contribution in [2.24, 2.45) is 5.92 Å². The molecule has 3 aromatic rings. The third-order valence-electron chi connectivity index (χ3n) is 5.76. The van der Waals surface area contributed by atoms with Crippen LogP contribution < -0.4 is 10.1 Å². The molecule has 0 spiro atoms. The zero-order valence-corrected chi connectivity index (χ0v) is 17.6. The van der Waals surface area contributed by atoms with Gasteiger partial charge in [-0.2, -0.15) is 13.2 Å². The highest BCUT2D eigenvalue weighted by atomic mass is 19.4. The maximum Gasteiger partial charge on any atom is 0.416 e. The van der Waals surface area contributed by atoms with Gasteiger partial charge in [-0.25, -0.2) is 4.79 Å². The number of carbonyl (C=O) groups excluding carboxylic acids is 1. The molecule has 2 amide bonds. The Morgan fingerprint density at radius 3 is 2.42 bits per heavy atom. The second-order valence-corrected chi connectivity index (χ2v) is 8.03. The number of carboxylic acid groups (broad SMARTS) is 1. The molecule has 1 heterocycles. The van der Waals surface area contributed by atoms with Crippen LogP contribution in [0.15, 0.2) is 60.7 Å². The predicted octanol–water partition coefficient (Wildman–Crippen LogP) is 5.38. The molecule has 9 heteroatoms. The summed E-state index contributed by atoms with van der Waals surface area (Å²) in [6, 6.07) is 14.6. The van der Waals surface area contributed by atoms with E-state index in [1.807, 2.05) is 13.0 Å². The Labute approximate surface area is 187 Å². The molecule has 1 fully saturated rings. The molecule has 0 aromatic heterocycles. The van der Waals surface area contributed by atoms with E-state index in [2.05, 4.69) is 5.32 Å². The van der Waals surface area contributed by atoms with Crippen molar-refractivity contribution < 1.29 is 32.6 Å². The summed E-state index contributed by atoms with van der Waals surface area (Å²) in [5, 5.41) is 13.3. The van der Waals surface area contributed by atoms with E-state index >= 15 is 0 Å². The van der Waals surface area contributed by atoms with Gasteiger partial charge in [-0.3, -0.25) is 4.79 Å². The summed E-state index contributed by atoms with van der Waals surface area (Å²) >= 11 is 0. The van der Waals surface area contributed by atoms with Crippen LogP contribution in [0, 0.1) is 5.92 Å². The van der Waals surface area contributed by atoms with Crippen LogP contribution in [0.25, 0.3) is 10.8 Å². The van der Waals surface area contributed by atoms with Crippen LogP contribution in [-0.4, -0.2) is 41.1 Å². The molecule has 2 N–H and O–H groups in total. The molecule has 33 heavy (non-hydrogen) atoms. The molecule has 1 saturated heterocycles. The van der Waals surface area contributed by atoms with Gasteiger partial charge in [0.2, 0.25) is 0 Å². The molecule has 1 aliphatic rings. The molecule has 0 saturated carbocycles. The number of halogens is 3. The first-order chi connectivity index (χ1) is 15.6. The van der Waals surface area contributed by atoms with Gasteiger partial charge in [0.25, 0.3) is 5.91 Å². The van der Waals surface area contributed by atoms with Crippen LogP contribution in [0.4, 0.5) is 18.0 Å². The Bertz CT molecular complexity index is 1190. The van der Waals surface area contributed by atoms with Crippen LogP contribution >= 0.6 is 0 Å². The Morgan fingerprint density at radius 2 is 1.79 bits per heavy atom. The fourth-order valence-electron chi connectivity index (χ4n) is 3.72. The van der Waals surface area contributed by atoms with E-state index in [0.717, 1.165) is 17.5 Å². The highest BCUT2D eigenvalue weighted by Crippen LogP contribution is 2.34. The Balaban J connectivity index is 1.46. The molecule has 1 aliphatic heterocycles. The maximum atomic E-state index is 12.8. The van der Waals surface area contributed by atoms with E-state index in [4.69, 9.17) is 9.84 Å². The number of rotatable bonds is 5. The summed E-state index contributed by atoms with van der Waals surface area (Å²) in [7, 11) is 0. The van der Waals surface area contributed by atoms with Gasteiger partial charge in [0.1, 0.15) is 11.5 Å². The Kier molecular flexibility index (Phi) is 5.88. The second-order valence-electron chi connectivity index (χ2n) is 8.03. The summed E-state index contributed by atoms with van der Waals surface area (Å²) in [5.74, 6) is 0.513. The average Bonchev–Trinajstić information content (AvgIpc) is 2.72. The van der Waals surface area contributed by atoms with E-state index in [1.54, 1.807) is 30.3 Å². The lowest BCUT2D eigenvalue weighted by molar-refractivity contribution is -0.137. The molecule has 0 bridgehead atoms. The van der Waals surface area contributed by atoms with Gasteiger partial charge in [-0.1, -0.05) is 12.1 Å². The minimum atomic E-state index is -4.42. The largest absolute Gasteiger partial charge is 0.465 e. The standard InChI is InChI=1S/C24H21F3N2O4/c1-14(17-12-29(13-17)23(31)32)28-22(30)16-5-10-20-15(11-16)3-2-4-21(20)33-19-8-6-18(7-9-19)24(25,26)27/h2-11,14,17H,12-13H2,1H3,(H,28,30)(H,31,32). The normalized spacial score (nSPS) is 15.1. The van der Waals surface area contributed by atoms with Crippen molar-refractivity contribution in [3.8, 4) is 11.5 Å². The molecule has 0 radical (unpaired) electrons. The number of amides is 2. The maximum absolute atomic E-state index is 12.8. The molecule has 172 valence electrons. The molecule has 1 atom stereocenters. The molecule has 3 aromatic carbocycles. The lowest BCUT2D eigenvalue weighted by atomic mass is 9.93. The molecule has 0 aliphatic carbocycles. The first kappa shape index (κ1) is 22.4. The minimum Gasteiger partial charge on any atom is -0.465 e. The minimum absolute atomic E-state index is 0.0641. The van der Waals surface area contributed by atoms with E-state index < -0.39 is 17.8 Å². The lowest BCUT2D eigenvalue weighted by Gasteiger charge is -2.40. The zero-order chi connectivity index (χ0) is 23.8. The van der Waals surface area contributed by atoms with Gasteiger partial charge < -0.3 is 20.1 Å². The lowest BCUT2D eigenvalue weighted by Crippen LogP contribution is -2.57. The summed E-state index contributed by atoms with van der Waals surface area (Å²) in [4.78, 5) is 24.9. The SMILES string of the molecule is CC(NC(=O)c1ccc2c(Oc3ccc(C(F)(F)F)cc3)cccc2c1)C1CN(C(=O)O)C1. The third kappa shape index (κ3) is 4.87. The van der Waals surface area contributed by atoms with Gasteiger partial charge in [0, 0.05) is 36.0 Å². The number of fused-ring (bicyclic) bond motifs is 1. The number of alkyl halides is 3. The van der Waals surface area contributed by atoms with Crippen molar-refractivity contribution in [3.63, 3.8) is 0 Å². The van der Waals surface area contributed by atoms with Crippen LogP contribution in [0.3, 0.4) is 0 Å². The van der Waals surface area contributed by atoms with Crippen LogP contribution in [-0.2, 0) is 6.18 Å². The third-order valence-corrected chi connectivity index (χ3v) is 5.76. The average molecular weight is 458 g/mol. The highest BCUT2D eigenvalue weighted by molar-refractivity contribution is 6.00. The number of hydrogen-bond donors (Lipinski definition) is 2. The van der Waals surface area contributed by atoms with Crippen molar-refractivity contribution in [3.05, 3.63) is 71.8 Å². The highest BCUT2D eigenvalue weighted by Gasteiger charge is 2.35. The fourth-order valence-corrected chi connectivity index (χ4v) is 3.72. The Hall–Kier alpha value is -3.75. The van der Waals surface area contributed by atoms with Crippen molar-refractivity contribution in [2.75, 3.05) is 13.1 Å². The summed E-state index contributed by atoms with van der Waals surface area (Å²) in [6.07, 6.45) is -5.38. The van der Waals surface area contributed by atoms with Crippen molar-refractivity contribution in [1.82, 2.24) is 10.2 Å². The van der Waals surface area contributed by atoms with E-state index in [0.29, 0.717) is 29.8 Å². The van der Waals surface area contributed by atoms with Crippen molar-refractivity contribution in [2.45, 2.75) is 19.1 Å². The van der Waals surface area contributed by atoms with Crippen LogP contribution in [0.5, 0.6) is 11.5 Å². The van der Waals surface area contributed by atoms with Gasteiger partial charge in [0.15, 0.2) is 0 Å². The number of nitrogens with zero attached hydrogens (tertiary/aromatic N) is 1.